The summed E-state index contributed by atoms with van der Waals surface area (Å²) in [5, 5.41) is 1.93. The maximum Gasteiger partial charge on any atom is 0.146 e. The van der Waals surface area contributed by atoms with E-state index < -0.39 is 7.14 Å². The molecular weight excluding hydrogens is 451 g/mol. The first-order valence-electron chi connectivity index (χ1n) is 11.9. The van der Waals surface area contributed by atoms with Gasteiger partial charge in [0.25, 0.3) is 0 Å². The zero-order chi connectivity index (χ0) is 23.2. The van der Waals surface area contributed by atoms with Crippen LogP contribution in [-0.4, -0.2) is 5.66 Å². The van der Waals surface area contributed by atoms with E-state index in [2.05, 4.69) is 91.0 Å². The number of thioether (sulfide) groups is 1. The fourth-order valence-corrected chi connectivity index (χ4v) is 9.73. The highest BCUT2D eigenvalue weighted by atomic mass is 32.2. The molecule has 0 saturated carbocycles. The zero-order valence-electron chi connectivity index (χ0n) is 19.2. The second kappa shape index (κ2) is 10.6. The lowest BCUT2D eigenvalue weighted by Crippen LogP contribution is -2.30. The highest BCUT2D eigenvalue weighted by Crippen LogP contribution is 2.58. The van der Waals surface area contributed by atoms with Gasteiger partial charge in [0.1, 0.15) is 7.14 Å². The molecule has 0 bridgehead atoms. The second-order valence-corrected chi connectivity index (χ2v) is 13.0. The Balaban J connectivity index is 1.60. The number of benzene rings is 4. The molecule has 0 heterocycles. The van der Waals surface area contributed by atoms with Gasteiger partial charge in [0, 0.05) is 21.2 Å². The van der Waals surface area contributed by atoms with Gasteiger partial charge >= 0.3 is 0 Å². The van der Waals surface area contributed by atoms with Crippen molar-refractivity contribution in [1.29, 1.82) is 0 Å². The van der Waals surface area contributed by atoms with Crippen LogP contribution < -0.4 is 10.6 Å². The SMILES string of the molecule is O=P(c1ccccc1)(c1ccccc1)[C@@H]1CCC=C(Sc2ccccc2)C[C@H]1c1ccccc1. The number of hydrogen-bond acceptors (Lipinski definition) is 2. The monoisotopic (exact) mass is 480 g/mol. The fourth-order valence-electron chi connectivity index (χ4n) is 5.08. The molecule has 0 radical (unpaired) electrons. The molecule has 170 valence electrons. The maximum atomic E-state index is 15.3. The van der Waals surface area contributed by atoms with Crippen molar-refractivity contribution in [3.05, 3.63) is 138 Å². The van der Waals surface area contributed by atoms with Gasteiger partial charge in [-0.1, -0.05) is 127 Å². The van der Waals surface area contributed by atoms with Crippen LogP contribution in [0, 0.1) is 0 Å². The summed E-state index contributed by atoms with van der Waals surface area (Å²) in [5.41, 5.74) is 1.31. The highest BCUT2D eigenvalue weighted by molar-refractivity contribution is 8.03. The van der Waals surface area contributed by atoms with Crippen molar-refractivity contribution in [2.75, 3.05) is 0 Å². The van der Waals surface area contributed by atoms with Crippen LogP contribution in [0.1, 0.15) is 30.7 Å². The molecule has 5 rings (SSSR count). The van der Waals surface area contributed by atoms with Crippen molar-refractivity contribution in [3.8, 4) is 0 Å². The van der Waals surface area contributed by atoms with E-state index in [1.807, 2.05) is 48.2 Å². The Morgan fingerprint density at radius 3 is 1.71 bits per heavy atom. The van der Waals surface area contributed by atoms with E-state index in [-0.39, 0.29) is 11.6 Å². The van der Waals surface area contributed by atoms with Crippen LogP contribution in [0.3, 0.4) is 0 Å². The van der Waals surface area contributed by atoms with E-state index in [0.29, 0.717) is 0 Å². The first kappa shape index (κ1) is 23.0. The van der Waals surface area contributed by atoms with Crippen molar-refractivity contribution in [3.63, 3.8) is 0 Å². The minimum atomic E-state index is -2.90. The molecule has 0 amide bonds. The van der Waals surface area contributed by atoms with Gasteiger partial charge in [-0.15, -0.1) is 0 Å². The third kappa shape index (κ3) is 4.85. The van der Waals surface area contributed by atoms with Crippen LogP contribution in [-0.2, 0) is 4.57 Å². The minimum absolute atomic E-state index is 0.0322. The molecule has 3 heteroatoms. The van der Waals surface area contributed by atoms with Gasteiger partial charge in [-0.05, 0) is 47.8 Å². The summed E-state index contributed by atoms with van der Waals surface area (Å²) >= 11 is 1.85. The molecule has 1 aliphatic carbocycles. The number of rotatable bonds is 6. The van der Waals surface area contributed by atoms with E-state index in [9.17, 15) is 0 Å². The predicted molar refractivity (Wildman–Crippen MR) is 147 cm³/mol. The smallest absolute Gasteiger partial charge is 0.146 e. The van der Waals surface area contributed by atoms with Crippen LogP contribution in [0.5, 0.6) is 0 Å². The molecule has 1 nitrogen and oxygen atoms in total. The normalized spacial score (nSPS) is 18.6. The molecule has 4 aromatic rings. The predicted octanol–water partition coefficient (Wildman–Crippen LogP) is 8.01. The van der Waals surface area contributed by atoms with Gasteiger partial charge in [-0.3, -0.25) is 0 Å². The third-order valence-electron chi connectivity index (χ3n) is 6.69. The van der Waals surface area contributed by atoms with Crippen LogP contribution in [0.2, 0.25) is 0 Å². The van der Waals surface area contributed by atoms with E-state index in [1.54, 1.807) is 0 Å². The molecule has 4 aromatic carbocycles. The summed E-state index contributed by atoms with van der Waals surface area (Å²) in [6.45, 7) is 0. The van der Waals surface area contributed by atoms with Crippen LogP contribution in [0.25, 0.3) is 0 Å². The Kier molecular flexibility index (Phi) is 7.19. The summed E-state index contributed by atoms with van der Waals surface area (Å²) < 4.78 is 15.3. The first-order valence-corrected chi connectivity index (χ1v) is 14.5. The molecule has 0 spiro atoms. The Morgan fingerprint density at radius 1 is 0.647 bits per heavy atom. The molecule has 2 atom stereocenters. The third-order valence-corrected chi connectivity index (χ3v) is 11.5. The largest absolute Gasteiger partial charge is 0.313 e. The molecule has 34 heavy (non-hydrogen) atoms. The molecule has 0 fully saturated rings. The molecular formula is C31H29OPS. The summed E-state index contributed by atoms with van der Waals surface area (Å²) in [4.78, 5) is 2.63. The topological polar surface area (TPSA) is 17.1 Å². The van der Waals surface area contributed by atoms with Crippen molar-refractivity contribution in [2.45, 2.75) is 35.7 Å². The zero-order valence-corrected chi connectivity index (χ0v) is 20.9. The summed E-state index contributed by atoms with van der Waals surface area (Å²) in [5.74, 6) is 0.178. The van der Waals surface area contributed by atoms with Crippen LogP contribution >= 0.6 is 18.9 Å². The Hall–Kier alpha value is -2.80. The van der Waals surface area contributed by atoms with E-state index in [4.69, 9.17) is 0 Å². The number of hydrogen-bond donors (Lipinski definition) is 0. The Bertz CT molecular complexity index is 1230. The van der Waals surface area contributed by atoms with Crippen LogP contribution in [0.15, 0.2) is 137 Å². The average Bonchev–Trinajstić information content (AvgIpc) is 3.13. The fraction of sp³-hybridized carbons (Fsp3) is 0.161. The van der Waals surface area contributed by atoms with Gasteiger partial charge in [0.05, 0.1) is 0 Å². The van der Waals surface area contributed by atoms with E-state index in [0.717, 1.165) is 29.9 Å². The van der Waals surface area contributed by atoms with Gasteiger partial charge in [-0.2, -0.15) is 0 Å². The summed E-state index contributed by atoms with van der Waals surface area (Å²) in [6, 6.07) is 41.7. The lowest BCUT2D eigenvalue weighted by molar-refractivity contribution is 0.548. The highest BCUT2D eigenvalue weighted by Gasteiger charge is 2.42. The quantitative estimate of drug-likeness (QED) is 0.260. The molecule has 0 saturated heterocycles. The maximum absolute atomic E-state index is 15.3. The van der Waals surface area contributed by atoms with Crippen molar-refractivity contribution < 1.29 is 4.57 Å². The lowest BCUT2D eigenvalue weighted by atomic mass is 9.91. The second-order valence-electron chi connectivity index (χ2n) is 8.78. The Morgan fingerprint density at radius 2 is 1.15 bits per heavy atom. The summed E-state index contributed by atoms with van der Waals surface area (Å²) in [6.07, 6.45) is 5.12. The molecule has 0 aliphatic heterocycles. The van der Waals surface area contributed by atoms with Crippen molar-refractivity contribution in [1.82, 2.24) is 0 Å². The van der Waals surface area contributed by atoms with Gasteiger partial charge < -0.3 is 4.57 Å². The van der Waals surface area contributed by atoms with E-state index >= 15 is 4.57 Å². The Labute approximate surface area is 207 Å². The first-order chi connectivity index (χ1) is 16.7. The average molecular weight is 481 g/mol. The standard InChI is InChI=1S/C31H29OPS/c32-33(26-16-7-2-8-17-26,27-18-9-3-10-19-27)31-23-13-22-29(34-28-20-11-4-12-21-28)24-30(31)25-14-5-1-6-15-25/h1-12,14-22,30-31H,13,23-24H2/t30-,31+/m0/s1. The van der Waals surface area contributed by atoms with E-state index in [1.165, 1.54) is 15.4 Å². The van der Waals surface area contributed by atoms with Crippen LogP contribution in [0.4, 0.5) is 0 Å². The summed E-state index contributed by atoms with van der Waals surface area (Å²) in [7, 11) is -2.90. The molecule has 0 N–H and O–H groups in total. The number of allylic oxidation sites excluding steroid dienone is 2. The van der Waals surface area contributed by atoms with Gasteiger partial charge in [-0.25, -0.2) is 0 Å². The van der Waals surface area contributed by atoms with Crippen molar-refractivity contribution in [2.24, 2.45) is 0 Å². The molecule has 1 aliphatic rings. The van der Waals surface area contributed by atoms with Gasteiger partial charge in [0.15, 0.2) is 0 Å². The lowest BCUT2D eigenvalue weighted by Gasteiger charge is -2.34. The minimum Gasteiger partial charge on any atom is -0.313 e. The molecule has 0 aromatic heterocycles. The van der Waals surface area contributed by atoms with Crippen molar-refractivity contribution >= 4 is 29.5 Å². The molecule has 0 unspecified atom stereocenters. The van der Waals surface area contributed by atoms with Gasteiger partial charge in [0.2, 0.25) is 0 Å².